The lowest BCUT2D eigenvalue weighted by Gasteiger charge is -2.45. The van der Waals surface area contributed by atoms with Gasteiger partial charge >= 0.3 is 0 Å². The van der Waals surface area contributed by atoms with Gasteiger partial charge < -0.3 is 15.1 Å². The van der Waals surface area contributed by atoms with E-state index in [0.717, 1.165) is 18.5 Å². The fourth-order valence-electron chi connectivity index (χ4n) is 5.18. The summed E-state index contributed by atoms with van der Waals surface area (Å²) in [6.45, 7) is 5.92. The number of fused-ring (bicyclic) bond motifs is 1. The Labute approximate surface area is 201 Å². The van der Waals surface area contributed by atoms with Crippen LogP contribution in [0.2, 0.25) is 0 Å². The second-order valence-corrected chi connectivity index (χ2v) is 10.2. The summed E-state index contributed by atoms with van der Waals surface area (Å²) in [4.78, 5) is 48.5. The summed E-state index contributed by atoms with van der Waals surface area (Å²) in [6, 6.07) is 9.55. The van der Waals surface area contributed by atoms with Crippen molar-refractivity contribution in [2.75, 3.05) is 14.1 Å². The lowest BCUT2D eigenvalue weighted by Crippen LogP contribution is -2.67. The predicted molar refractivity (Wildman–Crippen MR) is 130 cm³/mol. The number of carbonyl (C=O) groups excluding carboxylic acids is 3. The Bertz CT molecular complexity index is 1050. The Morgan fingerprint density at radius 2 is 1.76 bits per heavy atom. The Hall–Kier alpha value is -3.22. The van der Waals surface area contributed by atoms with Gasteiger partial charge in [0.2, 0.25) is 17.7 Å². The normalized spacial score (nSPS) is 21.4. The van der Waals surface area contributed by atoms with Crippen LogP contribution < -0.4 is 5.32 Å². The topological polar surface area (TPSA) is 82.6 Å². The number of piperazine rings is 1. The van der Waals surface area contributed by atoms with Gasteiger partial charge in [-0.3, -0.25) is 19.4 Å². The van der Waals surface area contributed by atoms with Crippen LogP contribution in [0.15, 0.2) is 42.6 Å². The fraction of sp³-hybridized carbons (Fsp3) is 0.481. The molecule has 1 aromatic heterocycles. The van der Waals surface area contributed by atoms with Crippen LogP contribution in [-0.4, -0.2) is 58.7 Å². The number of amides is 3. The van der Waals surface area contributed by atoms with Crippen molar-refractivity contribution in [2.45, 2.75) is 58.2 Å². The average molecular weight is 463 g/mol. The standard InChI is InChI=1S/C27H34N4O3/c1-16(2)12-22-25(32)29-23(21-13-18-8-6-7-9-19(18)14-21)26(33)31(22)24(27(34)30(4)5)20-11-10-17(3)28-15-20/h6-11,15-16,21-24H,12-14H2,1-5H3,(H,29,32)/t22-,23-,24-/m1/s1. The molecule has 2 heterocycles. The maximum absolute atomic E-state index is 14.1. The molecule has 2 aromatic rings. The molecule has 1 saturated heterocycles. The molecule has 2 aliphatic rings. The van der Waals surface area contributed by atoms with Crippen LogP contribution in [0.3, 0.4) is 0 Å². The molecule has 1 aliphatic heterocycles. The van der Waals surface area contributed by atoms with E-state index in [4.69, 9.17) is 0 Å². The number of aromatic nitrogens is 1. The molecule has 7 heteroatoms. The third kappa shape index (κ3) is 4.56. The van der Waals surface area contributed by atoms with E-state index in [-0.39, 0.29) is 29.6 Å². The highest BCUT2D eigenvalue weighted by molar-refractivity contribution is 6.00. The minimum Gasteiger partial charge on any atom is -0.347 e. The number of hydrogen-bond donors (Lipinski definition) is 1. The van der Waals surface area contributed by atoms with Crippen molar-refractivity contribution >= 4 is 17.7 Å². The summed E-state index contributed by atoms with van der Waals surface area (Å²) in [6.07, 6.45) is 3.58. The summed E-state index contributed by atoms with van der Waals surface area (Å²) in [5.41, 5.74) is 3.88. The number of hydrogen-bond acceptors (Lipinski definition) is 4. The number of benzene rings is 1. The van der Waals surface area contributed by atoms with Crippen molar-refractivity contribution in [1.82, 2.24) is 20.1 Å². The molecule has 1 fully saturated rings. The first-order valence-corrected chi connectivity index (χ1v) is 12.0. The highest BCUT2D eigenvalue weighted by Crippen LogP contribution is 2.35. The molecule has 1 N–H and O–H groups in total. The molecule has 4 rings (SSSR count). The van der Waals surface area contributed by atoms with Crippen LogP contribution in [0.5, 0.6) is 0 Å². The van der Waals surface area contributed by atoms with E-state index in [1.54, 1.807) is 25.2 Å². The van der Waals surface area contributed by atoms with Gasteiger partial charge in [-0.1, -0.05) is 44.2 Å². The lowest BCUT2D eigenvalue weighted by atomic mass is 9.88. The van der Waals surface area contributed by atoms with Crippen LogP contribution in [0.4, 0.5) is 0 Å². The van der Waals surface area contributed by atoms with Crippen molar-refractivity contribution in [3.05, 3.63) is 65.0 Å². The zero-order chi connectivity index (χ0) is 24.6. The second kappa shape index (κ2) is 9.57. The molecule has 3 amide bonds. The van der Waals surface area contributed by atoms with Crippen LogP contribution in [0.1, 0.15) is 48.7 Å². The molecule has 0 spiro atoms. The monoisotopic (exact) mass is 462 g/mol. The quantitative estimate of drug-likeness (QED) is 0.716. The van der Waals surface area contributed by atoms with Gasteiger partial charge in [0.15, 0.2) is 0 Å². The Morgan fingerprint density at radius 3 is 2.29 bits per heavy atom. The minimum absolute atomic E-state index is 0.0393. The van der Waals surface area contributed by atoms with E-state index in [1.807, 2.05) is 45.0 Å². The van der Waals surface area contributed by atoms with Gasteiger partial charge in [-0.2, -0.15) is 0 Å². The maximum Gasteiger partial charge on any atom is 0.249 e. The van der Waals surface area contributed by atoms with Crippen LogP contribution in [0, 0.1) is 18.8 Å². The third-order valence-corrected chi connectivity index (χ3v) is 6.91. The number of nitrogens with one attached hydrogen (secondary N) is 1. The zero-order valence-electron chi connectivity index (χ0n) is 20.6. The van der Waals surface area contributed by atoms with Crippen molar-refractivity contribution < 1.29 is 14.4 Å². The molecule has 0 radical (unpaired) electrons. The molecule has 1 aliphatic carbocycles. The third-order valence-electron chi connectivity index (χ3n) is 6.91. The van der Waals surface area contributed by atoms with E-state index in [0.29, 0.717) is 12.0 Å². The van der Waals surface area contributed by atoms with Gasteiger partial charge in [-0.25, -0.2) is 0 Å². The van der Waals surface area contributed by atoms with Gasteiger partial charge in [-0.05, 0) is 55.2 Å². The average Bonchev–Trinajstić information content (AvgIpc) is 3.22. The zero-order valence-corrected chi connectivity index (χ0v) is 20.6. The Kier molecular flexibility index (Phi) is 6.73. The van der Waals surface area contributed by atoms with E-state index < -0.39 is 18.1 Å². The molecular weight excluding hydrogens is 428 g/mol. The predicted octanol–water partition coefficient (Wildman–Crippen LogP) is 2.68. The maximum atomic E-state index is 14.1. The van der Waals surface area contributed by atoms with Crippen molar-refractivity contribution in [2.24, 2.45) is 11.8 Å². The smallest absolute Gasteiger partial charge is 0.249 e. The summed E-state index contributed by atoms with van der Waals surface area (Å²) in [5.74, 6) is -0.488. The summed E-state index contributed by atoms with van der Waals surface area (Å²) in [5, 5.41) is 3.04. The Morgan fingerprint density at radius 1 is 1.12 bits per heavy atom. The number of aryl methyl sites for hydroxylation is 1. The summed E-state index contributed by atoms with van der Waals surface area (Å²) < 4.78 is 0. The number of carbonyl (C=O) groups is 3. The van der Waals surface area contributed by atoms with Gasteiger partial charge in [0.1, 0.15) is 18.1 Å². The Balaban J connectivity index is 1.75. The molecule has 3 atom stereocenters. The first-order valence-electron chi connectivity index (χ1n) is 12.0. The van der Waals surface area contributed by atoms with E-state index in [2.05, 4.69) is 22.4 Å². The number of pyridine rings is 1. The van der Waals surface area contributed by atoms with Crippen LogP contribution in [0.25, 0.3) is 0 Å². The van der Waals surface area contributed by atoms with Crippen molar-refractivity contribution in [3.8, 4) is 0 Å². The first kappa shape index (κ1) is 23.9. The summed E-state index contributed by atoms with van der Waals surface area (Å²) >= 11 is 0. The van der Waals surface area contributed by atoms with Gasteiger partial charge in [0.25, 0.3) is 0 Å². The molecule has 1 aromatic carbocycles. The molecule has 34 heavy (non-hydrogen) atoms. The fourth-order valence-corrected chi connectivity index (χ4v) is 5.18. The van der Waals surface area contributed by atoms with Gasteiger partial charge in [-0.15, -0.1) is 0 Å². The molecular formula is C27H34N4O3. The van der Waals surface area contributed by atoms with E-state index >= 15 is 0 Å². The van der Waals surface area contributed by atoms with Crippen LogP contribution >= 0.6 is 0 Å². The SMILES string of the molecule is Cc1ccc([C@H](C(=O)N(C)C)N2C(=O)[C@@H](C3Cc4ccccc4C3)NC(=O)[C@H]2CC(C)C)cn1. The van der Waals surface area contributed by atoms with Crippen molar-refractivity contribution in [3.63, 3.8) is 0 Å². The minimum atomic E-state index is -0.906. The number of rotatable bonds is 6. The second-order valence-electron chi connectivity index (χ2n) is 10.2. The highest BCUT2D eigenvalue weighted by atomic mass is 16.2. The summed E-state index contributed by atoms with van der Waals surface area (Å²) in [7, 11) is 3.35. The molecule has 0 unspecified atom stereocenters. The number of likely N-dealkylation sites (N-methyl/N-ethyl adjacent to an activating group) is 1. The largest absolute Gasteiger partial charge is 0.347 e. The highest BCUT2D eigenvalue weighted by Gasteiger charge is 2.49. The first-order chi connectivity index (χ1) is 16.2. The van der Waals surface area contributed by atoms with E-state index in [1.165, 1.54) is 16.0 Å². The van der Waals surface area contributed by atoms with Gasteiger partial charge in [0.05, 0.1) is 0 Å². The van der Waals surface area contributed by atoms with Crippen molar-refractivity contribution in [1.29, 1.82) is 0 Å². The number of nitrogens with zero attached hydrogens (tertiary/aromatic N) is 3. The lowest BCUT2D eigenvalue weighted by molar-refractivity contribution is -0.159. The van der Waals surface area contributed by atoms with Crippen LogP contribution in [-0.2, 0) is 27.2 Å². The molecule has 0 saturated carbocycles. The molecule has 7 nitrogen and oxygen atoms in total. The van der Waals surface area contributed by atoms with Gasteiger partial charge in [0, 0.05) is 31.5 Å². The molecule has 180 valence electrons. The molecule has 0 bridgehead atoms. The van der Waals surface area contributed by atoms with E-state index in [9.17, 15) is 14.4 Å².